The lowest BCUT2D eigenvalue weighted by Gasteiger charge is -2.35. The molecular weight excluding hydrogens is 282 g/mol. The summed E-state index contributed by atoms with van der Waals surface area (Å²) in [6.07, 6.45) is 8.81. The third-order valence-corrected chi connectivity index (χ3v) is 3.77. The van der Waals surface area contributed by atoms with Gasteiger partial charge >= 0.3 is 12.1 Å². The third kappa shape index (κ3) is 5.20. The van der Waals surface area contributed by atoms with Crippen LogP contribution in [-0.2, 0) is 9.53 Å². The van der Waals surface area contributed by atoms with Crippen LogP contribution < -0.4 is 0 Å². The first-order chi connectivity index (χ1) is 10.6. The summed E-state index contributed by atoms with van der Waals surface area (Å²) in [5, 5.41) is 9.19. The van der Waals surface area contributed by atoms with E-state index in [1.54, 1.807) is 0 Å². The Labute approximate surface area is 132 Å². The Morgan fingerprint density at radius 2 is 2.05 bits per heavy atom. The zero-order valence-electron chi connectivity index (χ0n) is 13.7. The van der Waals surface area contributed by atoms with E-state index in [4.69, 9.17) is 4.74 Å². The molecule has 1 heterocycles. The molecule has 2 unspecified atom stereocenters. The number of allylic oxidation sites excluding steroid dienone is 2. The van der Waals surface area contributed by atoms with Gasteiger partial charge in [-0.2, -0.15) is 0 Å². The lowest BCUT2D eigenvalue weighted by Crippen LogP contribution is -2.50. The number of nitrogens with zero attached hydrogens (tertiary/aromatic N) is 1. The number of ether oxygens (including phenoxy) is 1. The van der Waals surface area contributed by atoms with Gasteiger partial charge in [-0.25, -0.2) is 9.59 Å². The largest absolute Gasteiger partial charge is 0.480 e. The van der Waals surface area contributed by atoms with E-state index in [0.29, 0.717) is 18.9 Å². The van der Waals surface area contributed by atoms with Crippen LogP contribution in [-0.4, -0.2) is 41.3 Å². The average Bonchev–Trinajstić information content (AvgIpc) is 2.55. The number of hydrogen-bond acceptors (Lipinski definition) is 3. The van der Waals surface area contributed by atoms with E-state index in [0.717, 1.165) is 24.8 Å². The van der Waals surface area contributed by atoms with Crippen molar-refractivity contribution in [3.63, 3.8) is 0 Å². The normalized spacial score (nSPS) is 24.0. The van der Waals surface area contributed by atoms with Gasteiger partial charge in [0.1, 0.15) is 12.6 Å². The zero-order valence-corrected chi connectivity index (χ0v) is 13.7. The molecule has 22 heavy (non-hydrogen) atoms. The van der Waals surface area contributed by atoms with Gasteiger partial charge in [0.15, 0.2) is 0 Å². The van der Waals surface area contributed by atoms with Gasteiger partial charge in [0.05, 0.1) is 0 Å². The Hall–Kier alpha value is -1.78. The van der Waals surface area contributed by atoms with Gasteiger partial charge in [0.25, 0.3) is 0 Å². The van der Waals surface area contributed by atoms with Crippen molar-refractivity contribution < 1.29 is 19.4 Å². The molecular formula is C17H27NO4. The maximum atomic E-state index is 12.1. The summed E-state index contributed by atoms with van der Waals surface area (Å²) in [6.45, 7) is 6.68. The molecule has 5 nitrogen and oxygen atoms in total. The molecule has 1 saturated heterocycles. The summed E-state index contributed by atoms with van der Waals surface area (Å²) in [4.78, 5) is 24.7. The molecule has 1 N–H and O–H groups in total. The number of piperidine rings is 1. The van der Waals surface area contributed by atoms with Crippen LogP contribution in [0, 0.1) is 5.92 Å². The van der Waals surface area contributed by atoms with Crippen LogP contribution in [0.25, 0.3) is 0 Å². The van der Waals surface area contributed by atoms with Gasteiger partial charge in [-0.15, -0.1) is 0 Å². The van der Waals surface area contributed by atoms with E-state index in [9.17, 15) is 14.7 Å². The highest BCUT2D eigenvalue weighted by Crippen LogP contribution is 2.23. The van der Waals surface area contributed by atoms with Crippen molar-refractivity contribution >= 4 is 12.1 Å². The van der Waals surface area contributed by atoms with Crippen molar-refractivity contribution in [3.05, 3.63) is 23.8 Å². The summed E-state index contributed by atoms with van der Waals surface area (Å²) in [5.74, 6) is -0.641. The van der Waals surface area contributed by atoms with Crippen molar-refractivity contribution in [1.82, 2.24) is 4.90 Å². The number of carboxylic acid groups (broad SMARTS) is 1. The zero-order chi connectivity index (χ0) is 16.5. The lowest BCUT2D eigenvalue weighted by atomic mass is 9.95. The molecule has 2 rings (SSSR count). The van der Waals surface area contributed by atoms with Crippen molar-refractivity contribution in [2.45, 2.75) is 52.5 Å². The molecule has 0 spiro atoms. The van der Waals surface area contributed by atoms with E-state index >= 15 is 0 Å². The first kappa shape index (κ1) is 18.3. The number of aliphatic carboxylic acids is 1. The summed E-state index contributed by atoms with van der Waals surface area (Å²) in [6, 6.07) is -0.755. The van der Waals surface area contributed by atoms with Crippen LogP contribution in [0.4, 0.5) is 4.79 Å². The second-order valence-corrected chi connectivity index (χ2v) is 5.50. The number of amides is 1. The minimum Gasteiger partial charge on any atom is -0.480 e. The predicted molar refractivity (Wildman–Crippen MR) is 85.7 cm³/mol. The molecule has 0 bridgehead atoms. The second-order valence-electron chi connectivity index (χ2n) is 5.50. The van der Waals surface area contributed by atoms with Crippen LogP contribution in [0.3, 0.4) is 0 Å². The first-order valence-electron chi connectivity index (χ1n) is 8.09. The van der Waals surface area contributed by atoms with Crippen LogP contribution >= 0.6 is 0 Å². The molecule has 1 fully saturated rings. The van der Waals surface area contributed by atoms with Crippen molar-refractivity contribution in [2.75, 3.05) is 13.2 Å². The highest BCUT2D eigenvalue weighted by Gasteiger charge is 2.35. The molecule has 5 heteroatoms. The fraction of sp³-hybridized carbons (Fsp3) is 0.647. The standard InChI is InChI=1S/C15H21NO4.C2H6/c1-11-7-8-13(14(17)18)16(9-11)15(19)20-10-12-5-3-2-4-6-12;1-2/h3,5-6,11,13H,2,4,7-10H2,1H3,(H,17,18);1-2H3. The summed E-state index contributed by atoms with van der Waals surface area (Å²) >= 11 is 0. The summed E-state index contributed by atoms with van der Waals surface area (Å²) in [5.41, 5.74) is 0.974. The highest BCUT2D eigenvalue weighted by atomic mass is 16.6. The molecule has 1 aliphatic carbocycles. The van der Waals surface area contributed by atoms with Crippen molar-refractivity contribution in [3.8, 4) is 0 Å². The van der Waals surface area contributed by atoms with Crippen LogP contribution in [0.2, 0.25) is 0 Å². The summed E-state index contributed by atoms with van der Waals surface area (Å²) in [7, 11) is 0. The molecule has 0 aromatic heterocycles. The smallest absolute Gasteiger partial charge is 0.410 e. The van der Waals surface area contributed by atoms with E-state index in [1.807, 2.05) is 39.0 Å². The van der Waals surface area contributed by atoms with Gasteiger partial charge in [-0.1, -0.05) is 39.0 Å². The molecule has 2 atom stereocenters. The van der Waals surface area contributed by atoms with Gasteiger partial charge in [0.2, 0.25) is 0 Å². The molecule has 0 radical (unpaired) electrons. The fourth-order valence-electron chi connectivity index (χ4n) is 2.61. The van der Waals surface area contributed by atoms with Crippen LogP contribution in [0.15, 0.2) is 23.8 Å². The quantitative estimate of drug-likeness (QED) is 0.864. The highest BCUT2D eigenvalue weighted by molar-refractivity contribution is 5.80. The Morgan fingerprint density at radius 1 is 1.32 bits per heavy atom. The molecule has 124 valence electrons. The van der Waals surface area contributed by atoms with E-state index in [1.165, 1.54) is 4.90 Å². The molecule has 0 saturated carbocycles. The van der Waals surface area contributed by atoms with E-state index in [-0.39, 0.29) is 6.61 Å². The van der Waals surface area contributed by atoms with Gasteiger partial charge < -0.3 is 9.84 Å². The third-order valence-electron chi connectivity index (χ3n) is 3.77. The number of carbonyl (C=O) groups excluding carboxylic acids is 1. The average molecular weight is 309 g/mol. The molecule has 0 aromatic carbocycles. The summed E-state index contributed by atoms with van der Waals surface area (Å²) < 4.78 is 5.25. The number of rotatable bonds is 3. The number of carboxylic acids is 1. The maximum Gasteiger partial charge on any atom is 0.410 e. The van der Waals surface area contributed by atoms with Crippen molar-refractivity contribution in [1.29, 1.82) is 0 Å². The van der Waals surface area contributed by atoms with Gasteiger partial charge in [-0.3, -0.25) is 4.90 Å². The number of hydrogen-bond donors (Lipinski definition) is 1. The maximum absolute atomic E-state index is 12.1. The number of likely N-dealkylation sites (tertiary alicyclic amines) is 1. The lowest BCUT2D eigenvalue weighted by molar-refractivity contribution is -0.144. The Balaban J connectivity index is 0.00000116. The van der Waals surface area contributed by atoms with E-state index in [2.05, 4.69) is 0 Å². The second kappa shape index (κ2) is 9.28. The minimum absolute atomic E-state index is 0.215. The van der Waals surface area contributed by atoms with Crippen LogP contribution in [0.5, 0.6) is 0 Å². The van der Waals surface area contributed by atoms with Crippen molar-refractivity contribution in [2.24, 2.45) is 5.92 Å². The van der Waals surface area contributed by atoms with Crippen LogP contribution in [0.1, 0.15) is 46.5 Å². The molecule has 1 aliphatic heterocycles. The Kier molecular flexibility index (Phi) is 7.71. The predicted octanol–water partition coefficient (Wildman–Crippen LogP) is 3.61. The molecule has 2 aliphatic rings. The first-order valence-corrected chi connectivity index (χ1v) is 8.09. The topological polar surface area (TPSA) is 66.8 Å². The Morgan fingerprint density at radius 3 is 2.64 bits per heavy atom. The molecule has 0 aromatic rings. The fourth-order valence-corrected chi connectivity index (χ4v) is 2.61. The monoisotopic (exact) mass is 309 g/mol. The SMILES string of the molecule is CC.CC1CCC(C(=O)O)N(C(=O)OCC2=CCCC=C2)C1. The molecule has 1 amide bonds. The Bertz CT molecular complexity index is 442. The van der Waals surface area contributed by atoms with E-state index < -0.39 is 18.1 Å². The minimum atomic E-state index is -0.953. The van der Waals surface area contributed by atoms with Gasteiger partial charge in [0, 0.05) is 6.54 Å². The van der Waals surface area contributed by atoms with Gasteiger partial charge in [-0.05, 0) is 37.2 Å². The number of carbonyl (C=O) groups is 2.